The Morgan fingerprint density at radius 2 is 1.92 bits per heavy atom. The van der Waals surface area contributed by atoms with Crippen molar-refractivity contribution in [3.63, 3.8) is 0 Å². The third kappa shape index (κ3) is 4.48. The van der Waals surface area contributed by atoms with Gasteiger partial charge in [-0.25, -0.2) is 0 Å². The van der Waals surface area contributed by atoms with E-state index in [2.05, 4.69) is 46.9 Å². The van der Waals surface area contributed by atoms with Crippen molar-refractivity contribution in [3.05, 3.63) is 29.8 Å². The number of hydrogen-bond donors (Lipinski definition) is 0. The monoisotopic (exact) mass is 345 g/mol. The quantitative estimate of drug-likeness (QED) is 0.786. The zero-order chi connectivity index (χ0) is 18.0. The second-order valence-corrected chi connectivity index (χ2v) is 13.4. The molecule has 0 spiro atoms. The number of rotatable bonds is 4. The summed E-state index contributed by atoms with van der Waals surface area (Å²) >= 11 is 0. The minimum absolute atomic E-state index is 0.140. The standard InChI is InChI=1S/C18H28BNO3Si/c1-17(2,3)24(5,6)23-14-18(4)12-21-19(22-13-18)16-9-7-8-15(10-16)11-20/h7-10H,12-14H2,1-6H3. The molecule has 1 aromatic carbocycles. The van der Waals surface area contributed by atoms with Crippen molar-refractivity contribution in [3.8, 4) is 6.07 Å². The van der Waals surface area contributed by atoms with Gasteiger partial charge in [-0.15, -0.1) is 0 Å². The Balaban J connectivity index is 1.95. The molecule has 1 aliphatic rings. The van der Waals surface area contributed by atoms with Crippen molar-refractivity contribution in [2.45, 2.75) is 45.8 Å². The molecule has 0 radical (unpaired) electrons. The molecule has 1 heterocycles. The predicted octanol–water partition coefficient (Wildman–Crippen LogP) is 3.33. The third-order valence-electron chi connectivity index (χ3n) is 5.04. The minimum atomic E-state index is -1.78. The van der Waals surface area contributed by atoms with Crippen molar-refractivity contribution >= 4 is 20.9 Å². The Morgan fingerprint density at radius 1 is 1.29 bits per heavy atom. The van der Waals surface area contributed by atoms with Gasteiger partial charge in [-0.05, 0) is 35.7 Å². The van der Waals surface area contributed by atoms with Crippen molar-refractivity contribution in [1.29, 1.82) is 5.26 Å². The Kier molecular flexibility index (Phi) is 5.61. The molecule has 6 heteroatoms. The molecule has 2 rings (SSSR count). The molecule has 1 saturated heterocycles. The first-order chi connectivity index (χ1) is 11.1. The Labute approximate surface area is 147 Å². The molecule has 0 bridgehead atoms. The summed E-state index contributed by atoms with van der Waals surface area (Å²) in [6.07, 6.45) is 0. The first kappa shape index (κ1) is 19.2. The Hall–Kier alpha value is -1.13. The maximum Gasteiger partial charge on any atom is 0.493 e. The molecule has 1 aliphatic heterocycles. The van der Waals surface area contributed by atoms with Crippen LogP contribution in [0.4, 0.5) is 0 Å². The van der Waals surface area contributed by atoms with Crippen LogP contribution >= 0.6 is 0 Å². The summed E-state index contributed by atoms with van der Waals surface area (Å²) in [5.41, 5.74) is 1.37. The summed E-state index contributed by atoms with van der Waals surface area (Å²) in [5.74, 6) is 0. The van der Waals surface area contributed by atoms with Crippen LogP contribution in [0.3, 0.4) is 0 Å². The van der Waals surface area contributed by atoms with E-state index < -0.39 is 15.4 Å². The van der Waals surface area contributed by atoms with Gasteiger partial charge < -0.3 is 13.7 Å². The summed E-state index contributed by atoms with van der Waals surface area (Å²) in [7, 11) is -2.18. The number of nitriles is 1. The average Bonchev–Trinajstić information content (AvgIpc) is 2.53. The van der Waals surface area contributed by atoms with Crippen molar-refractivity contribution in [1.82, 2.24) is 0 Å². The summed E-state index contributed by atoms with van der Waals surface area (Å²) in [5, 5.41) is 9.21. The van der Waals surface area contributed by atoms with Gasteiger partial charge in [0.1, 0.15) is 0 Å². The number of nitrogens with zero attached hydrogens (tertiary/aromatic N) is 1. The van der Waals surface area contributed by atoms with Gasteiger partial charge in [0, 0.05) is 25.2 Å². The molecule has 4 nitrogen and oxygen atoms in total. The summed E-state index contributed by atoms with van der Waals surface area (Å²) in [6.45, 7) is 15.2. The lowest BCUT2D eigenvalue weighted by Gasteiger charge is -2.42. The highest BCUT2D eigenvalue weighted by Gasteiger charge is 2.42. The average molecular weight is 345 g/mol. The van der Waals surface area contributed by atoms with Crippen molar-refractivity contribution in [2.24, 2.45) is 5.41 Å². The molecule has 0 aromatic heterocycles. The smallest absolute Gasteiger partial charge is 0.416 e. The largest absolute Gasteiger partial charge is 0.493 e. The van der Waals surface area contributed by atoms with E-state index in [1.54, 1.807) is 6.07 Å². The van der Waals surface area contributed by atoms with Crippen molar-refractivity contribution in [2.75, 3.05) is 19.8 Å². The second kappa shape index (κ2) is 7.01. The van der Waals surface area contributed by atoms with Gasteiger partial charge in [0.05, 0.1) is 11.6 Å². The van der Waals surface area contributed by atoms with Gasteiger partial charge in [-0.1, -0.05) is 39.8 Å². The molecule has 1 aromatic rings. The molecule has 0 aliphatic carbocycles. The molecule has 1 fully saturated rings. The SMILES string of the molecule is CC1(CO[Si](C)(C)C(C)(C)C)COB(c2cccc(C#N)c2)OC1. The fourth-order valence-electron chi connectivity index (χ4n) is 2.25. The lowest BCUT2D eigenvalue weighted by Crippen LogP contribution is -2.52. The predicted molar refractivity (Wildman–Crippen MR) is 99.7 cm³/mol. The lowest BCUT2D eigenvalue weighted by molar-refractivity contribution is -0.0110. The molecule has 130 valence electrons. The van der Waals surface area contributed by atoms with E-state index in [-0.39, 0.29) is 10.5 Å². The molecular formula is C18H28BNO3Si. The van der Waals surface area contributed by atoms with Gasteiger partial charge in [0.15, 0.2) is 8.32 Å². The minimum Gasteiger partial charge on any atom is -0.416 e. The first-order valence-electron chi connectivity index (χ1n) is 8.44. The fourth-order valence-corrected chi connectivity index (χ4v) is 3.39. The van der Waals surface area contributed by atoms with Gasteiger partial charge in [0.25, 0.3) is 0 Å². The van der Waals surface area contributed by atoms with Crippen LogP contribution in [0.5, 0.6) is 0 Å². The molecule has 24 heavy (non-hydrogen) atoms. The zero-order valence-electron chi connectivity index (χ0n) is 15.7. The molecule has 0 N–H and O–H groups in total. The van der Waals surface area contributed by atoms with Gasteiger partial charge in [-0.2, -0.15) is 5.26 Å². The first-order valence-corrected chi connectivity index (χ1v) is 11.3. The van der Waals surface area contributed by atoms with Gasteiger partial charge >= 0.3 is 7.12 Å². The fraction of sp³-hybridized carbons (Fsp3) is 0.611. The van der Waals surface area contributed by atoms with Crippen LogP contribution in [0.25, 0.3) is 0 Å². The van der Waals surface area contributed by atoms with E-state index in [4.69, 9.17) is 19.0 Å². The van der Waals surface area contributed by atoms with E-state index in [1.807, 2.05) is 18.2 Å². The van der Waals surface area contributed by atoms with Crippen LogP contribution in [-0.4, -0.2) is 35.3 Å². The second-order valence-electron chi connectivity index (χ2n) is 8.55. The maximum absolute atomic E-state index is 9.01. The summed E-state index contributed by atoms with van der Waals surface area (Å²) < 4.78 is 18.2. The topological polar surface area (TPSA) is 51.5 Å². The third-order valence-corrected chi connectivity index (χ3v) is 9.52. The van der Waals surface area contributed by atoms with E-state index in [0.29, 0.717) is 25.4 Å². The van der Waals surface area contributed by atoms with Crippen LogP contribution < -0.4 is 5.46 Å². The summed E-state index contributed by atoms with van der Waals surface area (Å²) in [4.78, 5) is 0. The zero-order valence-corrected chi connectivity index (χ0v) is 16.7. The highest BCUT2D eigenvalue weighted by atomic mass is 28.4. The van der Waals surface area contributed by atoms with Gasteiger partial charge in [-0.3, -0.25) is 0 Å². The highest BCUT2D eigenvalue weighted by molar-refractivity contribution is 6.74. The number of benzene rings is 1. The maximum atomic E-state index is 9.01. The van der Waals surface area contributed by atoms with Crippen LogP contribution in [0.2, 0.25) is 18.1 Å². The summed E-state index contributed by atoms with van der Waals surface area (Å²) in [6, 6.07) is 9.53. The highest BCUT2D eigenvalue weighted by Crippen LogP contribution is 2.38. The lowest BCUT2D eigenvalue weighted by atomic mass is 9.75. The van der Waals surface area contributed by atoms with E-state index in [1.165, 1.54) is 0 Å². The molecule has 0 amide bonds. The van der Waals surface area contributed by atoms with E-state index >= 15 is 0 Å². The molecular weight excluding hydrogens is 317 g/mol. The van der Waals surface area contributed by atoms with E-state index in [0.717, 1.165) is 5.46 Å². The van der Waals surface area contributed by atoms with Crippen LogP contribution in [0.15, 0.2) is 24.3 Å². The molecule has 0 unspecified atom stereocenters. The number of hydrogen-bond acceptors (Lipinski definition) is 4. The van der Waals surface area contributed by atoms with E-state index in [9.17, 15) is 0 Å². The van der Waals surface area contributed by atoms with Crippen molar-refractivity contribution < 1.29 is 13.7 Å². The molecule has 0 atom stereocenters. The molecule has 0 saturated carbocycles. The normalized spacial score (nSPS) is 18.3. The Morgan fingerprint density at radius 3 is 2.46 bits per heavy atom. The Bertz CT molecular complexity index is 613. The van der Waals surface area contributed by atoms with Gasteiger partial charge in [0.2, 0.25) is 0 Å². The van der Waals surface area contributed by atoms with Crippen LogP contribution in [0.1, 0.15) is 33.3 Å². The van der Waals surface area contributed by atoms with Crippen LogP contribution in [0, 0.1) is 16.7 Å². The van der Waals surface area contributed by atoms with Crippen LogP contribution in [-0.2, 0) is 13.7 Å².